The van der Waals surface area contributed by atoms with Crippen LogP contribution in [0.15, 0.2) is 43.0 Å². The second-order valence-electron chi connectivity index (χ2n) is 4.20. The fourth-order valence-corrected chi connectivity index (χ4v) is 1.75. The van der Waals surface area contributed by atoms with Gasteiger partial charge in [0.25, 0.3) is 0 Å². The van der Waals surface area contributed by atoms with Crippen molar-refractivity contribution in [1.82, 2.24) is 4.90 Å². The van der Waals surface area contributed by atoms with Crippen molar-refractivity contribution < 1.29 is 4.79 Å². The van der Waals surface area contributed by atoms with E-state index in [1.807, 2.05) is 37.3 Å². The van der Waals surface area contributed by atoms with E-state index in [9.17, 15) is 4.79 Å². The number of benzene rings is 1. The maximum atomic E-state index is 12.3. The first-order valence-corrected chi connectivity index (χ1v) is 5.78. The zero-order valence-corrected chi connectivity index (χ0v) is 10.5. The van der Waals surface area contributed by atoms with E-state index in [0.29, 0.717) is 13.1 Å². The molecule has 0 aliphatic rings. The maximum absolute atomic E-state index is 12.3. The van der Waals surface area contributed by atoms with Crippen LogP contribution in [-0.4, -0.2) is 23.9 Å². The Balaban J connectivity index is 2.97. The van der Waals surface area contributed by atoms with E-state index in [0.717, 1.165) is 5.56 Å². The van der Waals surface area contributed by atoms with E-state index in [1.165, 1.54) is 0 Å². The Kier molecular flexibility index (Phi) is 4.46. The molecule has 1 amide bonds. The number of carbonyl (C=O) groups excluding carboxylic acids is 1. The SMILES string of the molecule is C=CCN(CC)C(=O)C(C)(N)c1ccccc1. The van der Waals surface area contributed by atoms with Crippen molar-refractivity contribution in [2.24, 2.45) is 5.73 Å². The summed E-state index contributed by atoms with van der Waals surface area (Å²) in [6.07, 6.45) is 1.71. The molecule has 0 spiro atoms. The van der Waals surface area contributed by atoms with Crippen molar-refractivity contribution in [3.05, 3.63) is 48.6 Å². The largest absolute Gasteiger partial charge is 0.337 e. The number of hydrogen-bond acceptors (Lipinski definition) is 2. The molecule has 0 saturated carbocycles. The van der Waals surface area contributed by atoms with Gasteiger partial charge in [0.2, 0.25) is 5.91 Å². The highest BCUT2D eigenvalue weighted by Crippen LogP contribution is 2.20. The van der Waals surface area contributed by atoms with Gasteiger partial charge in [-0.2, -0.15) is 0 Å². The lowest BCUT2D eigenvalue weighted by Gasteiger charge is -2.30. The Labute approximate surface area is 103 Å². The van der Waals surface area contributed by atoms with E-state index in [2.05, 4.69) is 6.58 Å². The molecule has 3 heteroatoms. The zero-order valence-electron chi connectivity index (χ0n) is 10.5. The van der Waals surface area contributed by atoms with Gasteiger partial charge in [-0.25, -0.2) is 0 Å². The summed E-state index contributed by atoms with van der Waals surface area (Å²) < 4.78 is 0. The van der Waals surface area contributed by atoms with Gasteiger partial charge in [0.15, 0.2) is 0 Å². The van der Waals surface area contributed by atoms with Gasteiger partial charge in [0.05, 0.1) is 0 Å². The Bertz CT molecular complexity index is 384. The van der Waals surface area contributed by atoms with Gasteiger partial charge in [0.1, 0.15) is 5.54 Å². The highest BCUT2D eigenvalue weighted by atomic mass is 16.2. The smallest absolute Gasteiger partial charge is 0.247 e. The molecule has 0 aliphatic heterocycles. The fraction of sp³-hybridized carbons (Fsp3) is 0.357. The second-order valence-corrected chi connectivity index (χ2v) is 4.20. The third kappa shape index (κ3) is 2.94. The van der Waals surface area contributed by atoms with E-state index in [4.69, 9.17) is 5.73 Å². The minimum Gasteiger partial charge on any atom is -0.337 e. The molecule has 0 radical (unpaired) electrons. The van der Waals surface area contributed by atoms with E-state index >= 15 is 0 Å². The predicted molar refractivity (Wildman–Crippen MR) is 70.4 cm³/mol. The summed E-state index contributed by atoms with van der Waals surface area (Å²) in [7, 11) is 0. The molecule has 17 heavy (non-hydrogen) atoms. The molecule has 1 aromatic rings. The fourth-order valence-electron chi connectivity index (χ4n) is 1.75. The molecule has 92 valence electrons. The summed E-state index contributed by atoms with van der Waals surface area (Å²) in [5.74, 6) is -0.0777. The van der Waals surface area contributed by atoms with Crippen molar-refractivity contribution in [3.8, 4) is 0 Å². The lowest BCUT2D eigenvalue weighted by Crippen LogP contribution is -2.50. The first kappa shape index (κ1) is 13.5. The standard InChI is InChI=1S/C14H20N2O/c1-4-11-16(5-2)13(17)14(3,15)12-9-7-6-8-10-12/h4,6-10H,1,5,11,15H2,2-3H3. The molecule has 0 aromatic heterocycles. The van der Waals surface area contributed by atoms with Crippen LogP contribution in [0.3, 0.4) is 0 Å². The minimum atomic E-state index is -0.986. The van der Waals surface area contributed by atoms with Crippen molar-refractivity contribution >= 4 is 5.91 Å². The molecule has 1 rings (SSSR count). The summed E-state index contributed by atoms with van der Waals surface area (Å²) >= 11 is 0. The minimum absolute atomic E-state index is 0.0777. The molecule has 3 nitrogen and oxygen atoms in total. The number of nitrogens with zero attached hydrogens (tertiary/aromatic N) is 1. The van der Waals surface area contributed by atoms with Crippen LogP contribution in [0.1, 0.15) is 19.4 Å². The zero-order chi connectivity index (χ0) is 12.9. The van der Waals surface area contributed by atoms with E-state index in [1.54, 1.807) is 17.9 Å². The Hall–Kier alpha value is -1.61. The summed E-state index contributed by atoms with van der Waals surface area (Å²) in [5, 5.41) is 0. The first-order chi connectivity index (χ1) is 8.04. The summed E-state index contributed by atoms with van der Waals surface area (Å²) in [4.78, 5) is 14.0. The quantitative estimate of drug-likeness (QED) is 0.788. The number of hydrogen-bond donors (Lipinski definition) is 1. The van der Waals surface area contributed by atoms with Crippen molar-refractivity contribution in [1.29, 1.82) is 0 Å². The normalized spacial score (nSPS) is 13.8. The molecule has 0 aliphatic carbocycles. The van der Waals surface area contributed by atoms with Gasteiger partial charge in [0, 0.05) is 13.1 Å². The van der Waals surface area contributed by atoms with Crippen LogP contribution >= 0.6 is 0 Å². The number of likely N-dealkylation sites (N-methyl/N-ethyl adjacent to an activating group) is 1. The Morgan fingerprint density at radius 1 is 1.47 bits per heavy atom. The van der Waals surface area contributed by atoms with Crippen LogP contribution < -0.4 is 5.73 Å². The average molecular weight is 232 g/mol. The van der Waals surface area contributed by atoms with Crippen LogP contribution in [-0.2, 0) is 10.3 Å². The number of amides is 1. The van der Waals surface area contributed by atoms with Crippen molar-refractivity contribution in [2.75, 3.05) is 13.1 Å². The topological polar surface area (TPSA) is 46.3 Å². The molecule has 0 heterocycles. The van der Waals surface area contributed by atoms with Gasteiger partial charge in [-0.1, -0.05) is 36.4 Å². The predicted octanol–water partition coefficient (Wildman–Crippen LogP) is 1.90. The van der Waals surface area contributed by atoms with Gasteiger partial charge in [-0.3, -0.25) is 4.79 Å². The molecule has 1 unspecified atom stereocenters. The lowest BCUT2D eigenvalue weighted by atomic mass is 9.91. The summed E-state index contributed by atoms with van der Waals surface area (Å²) in [6, 6.07) is 9.43. The monoisotopic (exact) mass is 232 g/mol. The molecule has 0 bridgehead atoms. The Morgan fingerprint density at radius 2 is 2.06 bits per heavy atom. The molecule has 0 saturated heterocycles. The van der Waals surface area contributed by atoms with Crippen LogP contribution in [0.4, 0.5) is 0 Å². The summed E-state index contributed by atoms with van der Waals surface area (Å²) in [6.45, 7) is 8.48. The van der Waals surface area contributed by atoms with Gasteiger partial charge < -0.3 is 10.6 Å². The molecule has 1 aromatic carbocycles. The maximum Gasteiger partial charge on any atom is 0.247 e. The second kappa shape index (κ2) is 5.64. The van der Waals surface area contributed by atoms with Gasteiger partial charge in [-0.05, 0) is 19.4 Å². The average Bonchev–Trinajstić information content (AvgIpc) is 2.36. The van der Waals surface area contributed by atoms with E-state index in [-0.39, 0.29) is 5.91 Å². The molecule has 0 fully saturated rings. The lowest BCUT2D eigenvalue weighted by molar-refractivity contribution is -0.136. The van der Waals surface area contributed by atoms with Crippen LogP contribution in [0, 0.1) is 0 Å². The summed E-state index contributed by atoms with van der Waals surface area (Å²) in [5.41, 5.74) is 6.00. The highest BCUT2D eigenvalue weighted by molar-refractivity contribution is 5.87. The van der Waals surface area contributed by atoms with Crippen LogP contribution in [0.5, 0.6) is 0 Å². The third-order valence-electron chi connectivity index (χ3n) is 2.84. The number of nitrogens with two attached hydrogens (primary N) is 1. The van der Waals surface area contributed by atoms with Gasteiger partial charge in [-0.15, -0.1) is 6.58 Å². The van der Waals surface area contributed by atoms with Gasteiger partial charge >= 0.3 is 0 Å². The van der Waals surface area contributed by atoms with Crippen LogP contribution in [0.2, 0.25) is 0 Å². The number of carbonyl (C=O) groups is 1. The molecule has 1 atom stereocenters. The molecular formula is C14H20N2O. The number of rotatable bonds is 5. The molecule has 2 N–H and O–H groups in total. The Morgan fingerprint density at radius 3 is 2.53 bits per heavy atom. The van der Waals surface area contributed by atoms with E-state index < -0.39 is 5.54 Å². The first-order valence-electron chi connectivity index (χ1n) is 5.78. The highest BCUT2D eigenvalue weighted by Gasteiger charge is 2.33. The van der Waals surface area contributed by atoms with Crippen molar-refractivity contribution in [2.45, 2.75) is 19.4 Å². The molecular weight excluding hydrogens is 212 g/mol. The van der Waals surface area contributed by atoms with Crippen molar-refractivity contribution in [3.63, 3.8) is 0 Å². The van der Waals surface area contributed by atoms with Crippen LogP contribution in [0.25, 0.3) is 0 Å². The third-order valence-corrected chi connectivity index (χ3v) is 2.84.